The van der Waals surface area contributed by atoms with Crippen LogP contribution in [0, 0.1) is 0 Å². The lowest BCUT2D eigenvalue weighted by Crippen LogP contribution is -2.44. The zero-order valence-corrected chi connectivity index (χ0v) is 19.8. The van der Waals surface area contributed by atoms with E-state index in [1.807, 2.05) is 24.3 Å². The predicted molar refractivity (Wildman–Crippen MR) is 128 cm³/mol. The molecule has 164 valence electrons. The SMILES string of the molecule is CCNC(=NCc1ccc2c(c1)OCO2)NCC(c1ccco1)N1CCCCC1.I. The quantitative estimate of drug-likeness (QED) is 0.324. The van der Waals surface area contributed by atoms with E-state index < -0.39 is 0 Å². The number of furan rings is 1. The van der Waals surface area contributed by atoms with Crippen molar-refractivity contribution in [3.63, 3.8) is 0 Å². The Bertz CT molecular complexity index is 807. The van der Waals surface area contributed by atoms with Crippen molar-refractivity contribution in [3.05, 3.63) is 47.9 Å². The molecule has 1 unspecified atom stereocenters. The molecular weight excluding hydrogens is 495 g/mol. The Labute approximate surface area is 195 Å². The van der Waals surface area contributed by atoms with Gasteiger partial charge in [-0.05, 0) is 62.7 Å². The lowest BCUT2D eigenvalue weighted by atomic mass is 10.1. The number of fused-ring (bicyclic) bond motifs is 1. The average molecular weight is 526 g/mol. The molecule has 0 bridgehead atoms. The molecule has 4 rings (SSSR count). The van der Waals surface area contributed by atoms with Crippen molar-refractivity contribution in [1.29, 1.82) is 0 Å². The van der Waals surface area contributed by atoms with Crippen LogP contribution in [0.15, 0.2) is 46.0 Å². The van der Waals surface area contributed by atoms with Gasteiger partial charge in [-0.15, -0.1) is 24.0 Å². The van der Waals surface area contributed by atoms with Crippen LogP contribution in [0.2, 0.25) is 0 Å². The molecule has 1 atom stereocenters. The number of nitrogens with one attached hydrogen (secondary N) is 2. The number of hydrogen-bond acceptors (Lipinski definition) is 5. The number of ether oxygens (including phenoxy) is 2. The first-order valence-electron chi connectivity index (χ1n) is 10.5. The molecule has 1 aromatic carbocycles. The number of hydrogen-bond donors (Lipinski definition) is 2. The highest BCUT2D eigenvalue weighted by Gasteiger charge is 2.24. The Morgan fingerprint density at radius 3 is 2.70 bits per heavy atom. The third-order valence-corrected chi connectivity index (χ3v) is 5.37. The second-order valence-corrected chi connectivity index (χ2v) is 7.39. The van der Waals surface area contributed by atoms with Crippen molar-refractivity contribution in [2.45, 2.75) is 38.8 Å². The van der Waals surface area contributed by atoms with Crippen LogP contribution in [0.5, 0.6) is 11.5 Å². The summed E-state index contributed by atoms with van der Waals surface area (Å²) in [4.78, 5) is 7.27. The summed E-state index contributed by atoms with van der Waals surface area (Å²) in [6.07, 6.45) is 5.56. The first-order valence-corrected chi connectivity index (χ1v) is 10.5. The van der Waals surface area contributed by atoms with Crippen LogP contribution in [0.1, 0.15) is 43.6 Å². The fourth-order valence-electron chi connectivity index (χ4n) is 3.87. The minimum absolute atomic E-state index is 0. The van der Waals surface area contributed by atoms with Crippen LogP contribution >= 0.6 is 24.0 Å². The van der Waals surface area contributed by atoms with E-state index in [-0.39, 0.29) is 36.8 Å². The van der Waals surface area contributed by atoms with E-state index in [4.69, 9.17) is 18.9 Å². The van der Waals surface area contributed by atoms with Gasteiger partial charge in [0.25, 0.3) is 0 Å². The van der Waals surface area contributed by atoms with Gasteiger partial charge in [-0.1, -0.05) is 12.5 Å². The molecule has 8 heteroatoms. The molecule has 0 radical (unpaired) electrons. The maximum absolute atomic E-state index is 5.75. The summed E-state index contributed by atoms with van der Waals surface area (Å²) in [5.41, 5.74) is 1.09. The van der Waals surface area contributed by atoms with Crippen molar-refractivity contribution in [2.75, 3.05) is 33.0 Å². The summed E-state index contributed by atoms with van der Waals surface area (Å²) in [5.74, 6) is 3.40. The molecule has 0 amide bonds. The highest BCUT2D eigenvalue weighted by Crippen LogP contribution is 2.32. The largest absolute Gasteiger partial charge is 0.468 e. The summed E-state index contributed by atoms with van der Waals surface area (Å²) in [6, 6.07) is 10.2. The zero-order chi connectivity index (χ0) is 19.9. The summed E-state index contributed by atoms with van der Waals surface area (Å²) in [7, 11) is 0. The first kappa shape index (κ1) is 22.7. The van der Waals surface area contributed by atoms with E-state index in [2.05, 4.69) is 28.5 Å². The number of nitrogens with zero attached hydrogens (tertiary/aromatic N) is 2. The third-order valence-electron chi connectivity index (χ3n) is 5.37. The number of piperidine rings is 1. The van der Waals surface area contributed by atoms with Crippen molar-refractivity contribution < 1.29 is 13.9 Å². The Morgan fingerprint density at radius 2 is 1.93 bits per heavy atom. The van der Waals surface area contributed by atoms with Gasteiger partial charge < -0.3 is 24.5 Å². The lowest BCUT2D eigenvalue weighted by molar-refractivity contribution is 0.146. The Balaban J connectivity index is 0.00000256. The fraction of sp³-hybridized carbons (Fsp3) is 0.500. The molecule has 0 spiro atoms. The molecule has 2 aromatic rings. The van der Waals surface area contributed by atoms with Gasteiger partial charge in [-0.2, -0.15) is 0 Å². The van der Waals surface area contributed by atoms with Crippen LogP contribution in [-0.4, -0.2) is 43.8 Å². The summed E-state index contributed by atoms with van der Waals surface area (Å²) >= 11 is 0. The van der Waals surface area contributed by atoms with Gasteiger partial charge in [0.2, 0.25) is 6.79 Å². The minimum Gasteiger partial charge on any atom is -0.468 e. The highest BCUT2D eigenvalue weighted by molar-refractivity contribution is 14.0. The molecule has 30 heavy (non-hydrogen) atoms. The van der Waals surface area contributed by atoms with E-state index in [0.717, 1.165) is 55.0 Å². The number of likely N-dealkylation sites (tertiary alicyclic amines) is 1. The van der Waals surface area contributed by atoms with Gasteiger partial charge in [0.15, 0.2) is 17.5 Å². The van der Waals surface area contributed by atoms with E-state index in [9.17, 15) is 0 Å². The van der Waals surface area contributed by atoms with Crippen LogP contribution < -0.4 is 20.1 Å². The molecule has 0 aliphatic carbocycles. The van der Waals surface area contributed by atoms with Crippen molar-refractivity contribution in [2.24, 2.45) is 4.99 Å². The standard InChI is InChI=1S/C22H30N4O3.HI/c1-2-23-22(24-14-17-8-9-20-21(13-17)29-16-28-20)25-15-18(19-7-6-12-27-19)26-10-4-3-5-11-26;/h6-9,12-13,18H,2-5,10-11,14-16H2,1H3,(H2,23,24,25);1H. The molecular formula is C22H31IN4O3. The number of benzene rings is 1. The summed E-state index contributed by atoms with van der Waals surface area (Å²) in [5, 5.41) is 6.85. The Hall–Kier alpha value is -1.94. The van der Waals surface area contributed by atoms with Gasteiger partial charge in [0.05, 0.1) is 18.8 Å². The van der Waals surface area contributed by atoms with Gasteiger partial charge in [-0.25, -0.2) is 4.99 Å². The number of halogens is 1. The normalized spacial score (nSPS) is 17.3. The first-order chi connectivity index (χ1) is 14.3. The smallest absolute Gasteiger partial charge is 0.231 e. The van der Waals surface area contributed by atoms with E-state index in [1.165, 1.54) is 19.3 Å². The maximum atomic E-state index is 5.75. The molecule has 2 aliphatic heterocycles. The van der Waals surface area contributed by atoms with E-state index in [0.29, 0.717) is 6.54 Å². The third kappa shape index (κ3) is 5.81. The number of guanidine groups is 1. The van der Waals surface area contributed by atoms with E-state index in [1.54, 1.807) is 6.26 Å². The molecule has 1 saturated heterocycles. The summed E-state index contributed by atoms with van der Waals surface area (Å²) < 4.78 is 16.6. The Kier molecular flexibility index (Phi) is 8.68. The monoisotopic (exact) mass is 526 g/mol. The summed E-state index contributed by atoms with van der Waals surface area (Å²) in [6.45, 7) is 6.71. The molecule has 1 fully saturated rings. The minimum atomic E-state index is 0. The van der Waals surface area contributed by atoms with Crippen molar-refractivity contribution in [1.82, 2.24) is 15.5 Å². The van der Waals surface area contributed by atoms with Crippen molar-refractivity contribution >= 4 is 29.9 Å². The predicted octanol–water partition coefficient (Wildman–Crippen LogP) is 3.91. The van der Waals surface area contributed by atoms with Crippen LogP contribution in [0.3, 0.4) is 0 Å². The van der Waals surface area contributed by atoms with E-state index >= 15 is 0 Å². The van der Waals surface area contributed by atoms with Crippen LogP contribution in [-0.2, 0) is 6.54 Å². The molecule has 0 saturated carbocycles. The van der Waals surface area contributed by atoms with Gasteiger partial charge in [0.1, 0.15) is 5.76 Å². The number of aliphatic imine (C=N–C) groups is 1. The topological polar surface area (TPSA) is 71.3 Å². The molecule has 7 nitrogen and oxygen atoms in total. The fourth-order valence-corrected chi connectivity index (χ4v) is 3.87. The molecule has 2 aliphatic rings. The molecule has 2 N–H and O–H groups in total. The van der Waals surface area contributed by atoms with Crippen LogP contribution in [0.25, 0.3) is 0 Å². The van der Waals surface area contributed by atoms with Crippen molar-refractivity contribution in [3.8, 4) is 11.5 Å². The second-order valence-electron chi connectivity index (χ2n) is 7.39. The lowest BCUT2D eigenvalue weighted by Gasteiger charge is -2.33. The molecule has 3 heterocycles. The zero-order valence-electron chi connectivity index (χ0n) is 17.4. The Morgan fingerprint density at radius 1 is 1.10 bits per heavy atom. The van der Waals surface area contributed by atoms with Gasteiger partial charge >= 0.3 is 0 Å². The van der Waals surface area contributed by atoms with Gasteiger partial charge in [0, 0.05) is 13.1 Å². The second kappa shape index (κ2) is 11.5. The highest BCUT2D eigenvalue weighted by atomic mass is 127. The molecule has 1 aromatic heterocycles. The average Bonchev–Trinajstić information content (AvgIpc) is 3.44. The maximum Gasteiger partial charge on any atom is 0.231 e. The van der Waals surface area contributed by atoms with Crippen LogP contribution in [0.4, 0.5) is 0 Å². The van der Waals surface area contributed by atoms with Gasteiger partial charge in [-0.3, -0.25) is 4.90 Å². The number of rotatable bonds is 7.